The van der Waals surface area contributed by atoms with Crippen molar-refractivity contribution in [2.24, 2.45) is 5.92 Å². The Morgan fingerprint density at radius 1 is 1.12 bits per heavy atom. The zero-order valence-corrected chi connectivity index (χ0v) is 16.0. The molecule has 0 radical (unpaired) electrons. The lowest BCUT2D eigenvalue weighted by molar-refractivity contribution is -0.160. The summed E-state index contributed by atoms with van der Waals surface area (Å²) in [5.41, 5.74) is 0.651. The molecule has 2 aliphatic rings. The van der Waals surface area contributed by atoms with Gasteiger partial charge in [-0.2, -0.15) is 0 Å². The topological polar surface area (TPSA) is 59.1 Å². The number of ether oxygens (including phenoxy) is 2. The Labute approximate surface area is 155 Å². The zero-order valence-electron chi connectivity index (χ0n) is 16.0. The molecule has 2 aliphatic heterocycles. The quantitative estimate of drug-likeness (QED) is 0.766. The fourth-order valence-electron chi connectivity index (χ4n) is 4.00. The minimum absolute atomic E-state index is 0.125. The van der Waals surface area contributed by atoms with Gasteiger partial charge in [-0.1, -0.05) is 30.3 Å². The molecule has 0 amide bonds. The number of esters is 2. The summed E-state index contributed by atoms with van der Waals surface area (Å²) >= 11 is 0. The molecule has 3 rings (SSSR count). The number of fused-ring (bicyclic) bond motifs is 1. The van der Waals surface area contributed by atoms with Gasteiger partial charge in [0, 0.05) is 19.6 Å². The standard InChI is InChI=1S/C20H28N2O4/c1-20(2,3)26-19(24)16-12-15(18(23)25-4)17-21(10-11-22(16)17)13-14-8-6-5-7-9-14/h5-9,15-17H,10-13H2,1-4H3. The Morgan fingerprint density at radius 2 is 1.81 bits per heavy atom. The van der Waals surface area contributed by atoms with Crippen molar-refractivity contribution in [3.63, 3.8) is 0 Å². The number of hydrogen-bond donors (Lipinski definition) is 0. The molecule has 2 heterocycles. The van der Waals surface area contributed by atoms with Crippen molar-refractivity contribution in [3.05, 3.63) is 35.9 Å². The third-order valence-corrected chi connectivity index (χ3v) is 5.01. The molecule has 0 N–H and O–H groups in total. The molecule has 3 atom stereocenters. The van der Waals surface area contributed by atoms with E-state index in [1.807, 2.05) is 39.0 Å². The van der Waals surface area contributed by atoms with Crippen LogP contribution in [0.5, 0.6) is 0 Å². The molecule has 0 spiro atoms. The number of hydrogen-bond acceptors (Lipinski definition) is 6. The Hall–Kier alpha value is -1.92. The van der Waals surface area contributed by atoms with E-state index in [0.717, 1.165) is 19.6 Å². The molecule has 0 bridgehead atoms. The third-order valence-electron chi connectivity index (χ3n) is 5.01. The van der Waals surface area contributed by atoms with Gasteiger partial charge in [-0.15, -0.1) is 0 Å². The first-order valence-electron chi connectivity index (χ1n) is 9.14. The second kappa shape index (κ2) is 7.37. The maximum Gasteiger partial charge on any atom is 0.323 e. The van der Waals surface area contributed by atoms with Gasteiger partial charge in [-0.05, 0) is 32.8 Å². The summed E-state index contributed by atoms with van der Waals surface area (Å²) < 4.78 is 10.6. The molecule has 0 aliphatic carbocycles. The van der Waals surface area contributed by atoms with Gasteiger partial charge in [0.05, 0.1) is 19.2 Å². The van der Waals surface area contributed by atoms with Crippen LogP contribution < -0.4 is 0 Å². The fourth-order valence-corrected chi connectivity index (χ4v) is 4.00. The van der Waals surface area contributed by atoms with Crippen LogP contribution >= 0.6 is 0 Å². The van der Waals surface area contributed by atoms with Crippen molar-refractivity contribution in [1.29, 1.82) is 0 Å². The first-order valence-corrected chi connectivity index (χ1v) is 9.14. The van der Waals surface area contributed by atoms with E-state index in [2.05, 4.69) is 21.9 Å². The molecule has 0 saturated carbocycles. The van der Waals surface area contributed by atoms with E-state index in [0.29, 0.717) is 6.42 Å². The highest BCUT2D eigenvalue weighted by molar-refractivity contribution is 5.80. The number of carbonyl (C=O) groups excluding carboxylic acids is 2. The van der Waals surface area contributed by atoms with Gasteiger partial charge in [0.25, 0.3) is 0 Å². The molecule has 2 fully saturated rings. The predicted molar refractivity (Wildman–Crippen MR) is 97.1 cm³/mol. The molecular formula is C20H28N2O4. The Morgan fingerprint density at radius 3 is 2.42 bits per heavy atom. The largest absolute Gasteiger partial charge is 0.469 e. The highest BCUT2D eigenvalue weighted by atomic mass is 16.6. The average Bonchev–Trinajstić information content (AvgIpc) is 3.15. The summed E-state index contributed by atoms with van der Waals surface area (Å²) in [6, 6.07) is 9.78. The highest BCUT2D eigenvalue weighted by Crippen LogP contribution is 2.38. The van der Waals surface area contributed by atoms with Crippen LogP contribution in [0.15, 0.2) is 30.3 Å². The second-order valence-corrected chi connectivity index (χ2v) is 8.02. The monoisotopic (exact) mass is 360 g/mol. The van der Waals surface area contributed by atoms with Gasteiger partial charge < -0.3 is 9.47 Å². The number of nitrogens with zero attached hydrogens (tertiary/aromatic N) is 2. The molecule has 2 saturated heterocycles. The molecule has 1 aromatic rings. The number of methoxy groups -OCH3 is 1. The zero-order chi connectivity index (χ0) is 18.9. The van der Waals surface area contributed by atoms with Crippen molar-refractivity contribution in [3.8, 4) is 0 Å². The smallest absolute Gasteiger partial charge is 0.323 e. The van der Waals surface area contributed by atoms with Crippen molar-refractivity contribution < 1.29 is 19.1 Å². The molecule has 3 unspecified atom stereocenters. The van der Waals surface area contributed by atoms with Crippen LogP contribution in [0.3, 0.4) is 0 Å². The van der Waals surface area contributed by atoms with E-state index in [4.69, 9.17) is 9.47 Å². The normalized spacial score (nSPS) is 26.5. The van der Waals surface area contributed by atoms with Crippen LogP contribution in [0, 0.1) is 5.92 Å². The number of benzene rings is 1. The maximum atomic E-state index is 12.7. The summed E-state index contributed by atoms with van der Waals surface area (Å²) in [7, 11) is 1.41. The number of rotatable bonds is 4. The van der Waals surface area contributed by atoms with Crippen LogP contribution in [0.25, 0.3) is 0 Å². The summed E-state index contributed by atoms with van der Waals surface area (Å²) in [5.74, 6) is -0.856. The minimum atomic E-state index is -0.542. The van der Waals surface area contributed by atoms with Crippen molar-refractivity contribution in [2.45, 2.75) is 51.5 Å². The minimum Gasteiger partial charge on any atom is -0.469 e. The van der Waals surface area contributed by atoms with Crippen LogP contribution in [0.2, 0.25) is 0 Å². The Balaban J connectivity index is 1.80. The van der Waals surface area contributed by atoms with Gasteiger partial charge >= 0.3 is 11.9 Å². The fraction of sp³-hybridized carbons (Fsp3) is 0.600. The van der Waals surface area contributed by atoms with Gasteiger partial charge in [0.1, 0.15) is 11.6 Å². The molecule has 142 valence electrons. The molecular weight excluding hydrogens is 332 g/mol. The van der Waals surface area contributed by atoms with E-state index in [1.54, 1.807) is 0 Å². The van der Waals surface area contributed by atoms with Gasteiger partial charge in [-0.3, -0.25) is 19.4 Å². The summed E-state index contributed by atoms with van der Waals surface area (Å²) in [5, 5.41) is 0. The van der Waals surface area contributed by atoms with E-state index < -0.39 is 11.6 Å². The maximum absolute atomic E-state index is 12.7. The first kappa shape index (κ1) is 18.9. The van der Waals surface area contributed by atoms with Crippen molar-refractivity contribution >= 4 is 11.9 Å². The summed E-state index contributed by atoms with van der Waals surface area (Å²) in [6.07, 6.45) is 0.317. The van der Waals surface area contributed by atoms with Crippen LogP contribution in [-0.2, 0) is 25.6 Å². The lowest BCUT2D eigenvalue weighted by Crippen LogP contribution is -2.45. The molecule has 0 aromatic heterocycles. The lowest BCUT2D eigenvalue weighted by atomic mass is 10.0. The van der Waals surface area contributed by atoms with Gasteiger partial charge in [-0.25, -0.2) is 0 Å². The Bertz CT molecular complexity index is 656. The lowest BCUT2D eigenvalue weighted by Gasteiger charge is -2.29. The van der Waals surface area contributed by atoms with Crippen molar-refractivity contribution in [2.75, 3.05) is 20.2 Å². The summed E-state index contributed by atoms with van der Waals surface area (Å²) in [4.78, 5) is 29.4. The second-order valence-electron chi connectivity index (χ2n) is 8.02. The SMILES string of the molecule is COC(=O)C1CC(C(=O)OC(C)(C)C)N2CCN(Cc3ccccc3)C12. The van der Waals surface area contributed by atoms with Crippen LogP contribution in [0.1, 0.15) is 32.8 Å². The van der Waals surface area contributed by atoms with Crippen molar-refractivity contribution in [1.82, 2.24) is 9.80 Å². The summed E-state index contributed by atoms with van der Waals surface area (Å²) in [6.45, 7) is 7.89. The van der Waals surface area contributed by atoms with Gasteiger partial charge in [0.15, 0.2) is 0 Å². The molecule has 6 heteroatoms. The number of carbonyl (C=O) groups is 2. The average molecular weight is 360 g/mol. The van der Waals surface area contributed by atoms with E-state index in [9.17, 15) is 9.59 Å². The van der Waals surface area contributed by atoms with Gasteiger partial charge in [0.2, 0.25) is 0 Å². The molecule has 26 heavy (non-hydrogen) atoms. The highest BCUT2D eigenvalue weighted by Gasteiger charge is 2.54. The van der Waals surface area contributed by atoms with E-state index in [-0.39, 0.29) is 24.0 Å². The van der Waals surface area contributed by atoms with Crippen LogP contribution in [0.4, 0.5) is 0 Å². The van der Waals surface area contributed by atoms with E-state index in [1.165, 1.54) is 12.7 Å². The Kier molecular flexibility index (Phi) is 5.34. The molecule has 6 nitrogen and oxygen atoms in total. The molecule has 1 aromatic carbocycles. The third kappa shape index (κ3) is 3.91. The van der Waals surface area contributed by atoms with E-state index >= 15 is 0 Å². The predicted octanol–water partition coefficient (Wildman–Crippen LogP) is 2.03. The van der Waals surface area contributed by atoms with Crippen LogP contribution in [-0.4, -0.2) is 59.7 Å². The first-order chi connectivity index (χ1) is 12.3.